The number of hydrogen-bond donors (Lipinski definition) is 1. The third-order valence-corrected chi connectivity index (χ3v) is 6.41. The summed E-state index contributed by atoms with van der Waals surface area (Å²) in [5, 5.41) is 0. The van der Waals surface area contributed by atoms with Crippen LogP contribution in [0.4, 0.5) is 0 Å². The van der Waals surface area contributed by atoms with Crippen LogP contribution in [-0.2, 0) is 16.6 Å². The summed E-state index contributed by atoms with van der Waals surface area (Å²) >= 11 is 0. The van der Waals surface area contributed by atoms with Crippen LogP contribution in [0.5, 0.6) is 0 Å². The van der Waals surface area contributed by atoms with Gasteiger partial charge >= 0.3 is 0 Å². The van der Waals surface area contributed by atoms with Gasteiger partial charge in [-0.2, -0.15) is 0 Å². The van der Waals surface area contributed by atoms with Gasteiger partial charge in [0, 0.05) is 30.8 Å². The summed E-state index contributed by atoms with van der Waals surface area (Å²) in [7, 11) is -3.69. The van der Waals surface area contributed by atoms with Crippen LogP contribution < -0.4 is 4.72 Å². The van der Waals surface area contributed by atoms with Crippen LogP contribution in [0.3, 0.4) is 0 Å². The van der Waals surface area contributed by atoms with Crippen LogP contribution in [0, 0.1) is 0 Å². The first-order valence-electron chi connectivity index (χ1n) is 9.42. The number of hydrogen-bond acceptors (Lipinski definition) is 4. The number of nitrogens with one attached hydrogen (secondary N) is 1. The summed E-state index contributed by atoms with van der Waals surface area (Å²) in [5.74, 6) is -0.138. The highest BCUT2D eigenvalue weighted by molar-refractivity contribution is 7.89. The van der Waals surface area contributed by atoms with Crippen LogP contribution in [-0.4, -0.2) is 38.1 Å². The molecular formula is C22H24N2O4S. The fourth-order valence-corrected chi connectivity index (χ4v) is 4.12. The van der Waals surface area contributed by atoms with Gasteiger partial charge in [0.2, 0.25) is 10.0 Å². The van der Waals surface area contributed by atoms with E-state index in [4.69, 9.17) is 0 Å². The molecule has 0 unspecified atom stereocenters. The molecule has 0 bridgehead atoms. The number of piperidine rings is 1. The SMILES string of the molecule is C=C1CCN(C(=O)c2ccc(CNS(=O)(=O)c3ccc(C(C)=O)cc3)cc2)CC1. The molecule has 7 heteroatoms. The highest BCUT2D eigenvalue weighted by Crippen LogP contribution is 2.17. The lowest BCUT2D eigenvalue weighted by Gasteiger charge is -2.28. The lowest BCUT2D eigenvalue weighted by molar-refractivity contribution is 0.0743. The van der Waals surface area contributed by atoms with Gasteiger partial charge in [0.15, 0.2) is 5.78 Å². The predicted molar refractivity (Wildman–Crippen MR) is 111 cm³/mol. The first-order chi connectivity index (χ1) is 13.8. The lowest BCUT2D eigenvalue weighted by atomic mass is 10.0. The Hall–Kier alpha value is -2.77. The highest BCUT2D eigenvalue weighted by Gasteiger charge is 2.19. The number of nitrogens with zero attached hydrogens (tertiary/aromatic N) is 1. The van der Waals surface area contributed by atoms with Gasteiger partial charge < -0.3 is 4.90 Å². The summed E-state index contributed by atoms with van der Waals surface area (Å²) in [5.41, 5.74) is 2.97. The summed E-state index contributed by atoms with van der Waals surface area (Å²) in [6.45, 7) is 6.86. The van der Waals surface area contributed by atoms with E-state index in [1.165, 1.54) is 36.8 Å². The van der Waals surface area contributed by atoms with Crippen molar-refractivity contribution >= 4 is 21.7 Å². The van der Waals surface area contributed by atoms with Crippen LogP contribution in [0.25, 0.3) is 0 Å². The zero-order valence-corrected chi connectivity index (χ0v) is 17.2. The van der Waals surface area contributed by atoms with Gasteiger partial charge in [0.25, 0.3) is 5.91 Å². The molecule has 1 aliphatic rings. The van der Waals surface area contributed by atoms with Gasteiger partial charge in [-0.1, -0.05) is 36.4 Å². The Morgan fingerprint density at radius 2 is 1.52 bits per heavy atom. The highest BCUT2D eigenvalue weighted by atomic mass is 32.2. The standard InChI is InChI=1S/C22H24N2O4S/c1-16-11-13-24(14-12-16)22(26)20-5-3-18(4-6-20)15-23-29(27,28)21-9-7-19(8-10-21)17(2)25/h3-10,23H,1,11-15H2,2H3. The monoisotopic (exact) mass is 412 g/mol. The van der Waals surface area contributed by atoms with E-state index in [9.17, 15) is 18.0 Å². The second-order valence-electron chi connectivity index (χ2n) is 7.14. The maximum Gasteiger partial charge on any atom is 0.253 e. The molecule has 0 radical (unpaired) electrons. The smallest absolute Gasteiger partial charge is 0.253 e. The van der Waals surface area contributed by atoms with Crippen LogP contribution in [0.15, 0.2) is 65.6 Å². The van der Waals surface area contributed by atoms with Gasteiger partial charge in [-0.3, -0.25) is 9.59 Å². The van der Waals surface area contributed by atoms with Crippen molar-refractivity contribution in [2.75, 3.05) is 13.1 Å². The molecule has 1 fully saturated rings. The van der Waals surface area contributed by atoms with Crippen LogP contribution >= 0.6 is 0 Å². The molecule has 0 aliphatic carbocycles. The molecule has 152 valence electrons. The van der Waals surface area contributed by atoms with Crippen molar-refractivity contribution in [1.29, 1.82) is 0 Å². The molecule has 1 saturated heterocycles. The number of sulfonamides is 1. The van der Waals surface area contributed by atoms with Gasteiger partial charge in [-0.05, 0) is 49.6 Å². The van der Waals surface area contributed by atoms with Crippen molar-refractivity contribution < 1.29 is 18.0 Å². The maximum atomic E-state index is 12.6. The molecular weight excluding hydrogens is 388 g/mol. The quantitative estimate of drug-likeness (QED) is 0.584. The molecule has 29 heavy (non-hydrogen) atoms. The zero-order chi connectivity index (χ0) is 21.0. The molecule has 1 N–H and O–H groups in total. The summed E-state index contributed by atoms with van der Waals surface area (Å²) in [6.07, 6.45) is 1.66. The minimum atomic E-state index is -3.69. The Labute approximate surface area is 171 Å². The zero-order valence-electron chi connectivity index (χ0n) is 16.3. The summed E-state index contributed by atoms with van der Waals surface area (Å²) < 4.78 is 27.4. The van der Waals surface area contributed by atoms with Gasteiger partial charge in [0.1, 0.15) is 0 Å². The number of carbonyl (C=O) groups excluding carboxylic acids is 2. The van der Waals surface area contributed by atoms with E-state index in [-0.39, 0.29) is 23.1 Å². The van der Waals surface area contributed by atoms with Crippen LogP contribution in [0.2, 0.25) is 0 Å². The average Bonchev–Trinajstić information content (AvgIpc) is 2.73. The first kappa shape index (κ1) is 21.0. The molecule has 0 aromatic heterocycles. The Morgan fingerprint density at radius 3 is 2.07 bits per heavy atom. The number of Topliss-reactive ketones (excluding diaryl/α,β-unsaturated/α-hetero) is 1. The predicted octanol–water partition coefficient (Wildman–Crippen LogP) is 3.16. The Balaban J connectivity index is 1.61. The van der Waals surface area contributed by atoms with E-state index < -0.39 is 10.0 Å². The molecule has 0 spiro atoms. The molecule has 3 rings (SSSR count). The Morgan fingerprint density at radius 1 is 0.966 bits per heavy atom. The van der Waals surface area contributed by atoms with Gasteiger partial charge in [0.05, 0.1) is 4.90 Å². The van der Waals surface area contributed by atoms with Gasteiger partial charge in [-0.15, -0.1) is 0 Å². The summed E-state index contributed by atoms with van der Waals surface area (Å²) in [6, 6.07) is 12.7. The number of rotatable bonds is 6. The first-order valence-corrected chi connectivity index (χ1v) is 10.9. The second kappa shape index (κ2) is 8.71. The van der Waals surface area contributed by atoms with Crippen molar-refractivity contribution in [3.05, 3.63) is 77.4 Å². The van der Waals surface area contributed by atoms with Crippen molar-refractivity contribution in [3.8, 4) is 0 Å². The Bertz CT molecular complexity index is 1020. The van der Waals surface area contributed by atoms with Crippen molar-refractivity contribution in [2.45, 2.75) is 31.2 Å². The third-order valence-electron chi connectivity index (χ3n) is 5.00. The van der Waals surface area contributed by atoms with E-state index in [0.717, 1.165) is 18.4 Å². The maximum absolute atomic E-state index is 12.6. The van der Waals surface area contributed by atoms with Crippen molar-refractivity contribution in [1.82, 2.24) is 9.62 Å². The van der Waals surface area contributed by atoms with Gasteiger partial charge in [-0.25, -0.2) is 13.1 Å². The number of benzene rings is 2. The van der Waals surface area contributed by atoms with E-state index in [0.29, 0.717) is 24.2 Å². The number of ketones is 1. The van der Waals surface area contributed by atoms with E-state index in [2.05, 4.69) is 11.3 Å². The largest absolute Gasteiger partial charge is 0.338 e. The number of likely N-dealkylation sites (tertiary alicyclic amines) is 1. The molecule has 1 heterocycles. The average molecular weight is 413 g/mol. The summed E-state index contributed by atoms with van der Waals surface area (Å²) in [4.78, 5) is 25.8. The minimum absolute atomic E-state index is 0.0183. The van der Waals surface area contributed by atoms with E-state index in [1.807, 2.05) is 4.90 Å². The normalized spacial score (nSPS) is 14.7. The molecule has 2 aromatic carbocycles. The molecule has 2 aromatic rings. The molecule has 0 atom stereocenters. The van der Waals surface area contributed by atoms with Crippen LogP contribution in [0.1, 0.15) is 46.0 Å². The van der Waals surface area contributed by atoms with Crippen molar-refractivity contribution in [2.24, 2.45) is 0 Å². The molecule has 0 saturated carbocycles. The fraction of sp³-hybridized carbons (Fsp3) is 0.273. The third kappa shape index (κ3) is 5.19. The molecule has 6 nitrogen and oxygen atoms in total. The number of amides is 1. The minimum Gasteiger partial charge on any atom is -0.338 e. The van der Waals surface area contributed by atoms with Crippen molar-refractivity contribution in [3.63, 3.8) is 0 Å². The molecule has 1 aliphatic heterocycles. The topological polar surface area (TPSA) is 83.6 Å². The Kier molecular flexibility index (Phi) is 6.30. The number of carbonyl (C=O) groups is 2. The lowest BCUT2D eigenvalue weighted by Crippen LogP contribution is -2.36. The fourth-order valence-electron chi connectivity index (χ4n) is 3.10. The second-order valence-corrected chi connectivity index (χ2v) is 8.91. The molecule has 1 amide bonds. The van der Waals surface area contributed by atoms with E-state index in [1.54, 1.807) is 24.3 Å². The van der Waals surface area contributed by atoms with E-state index >= 15 is 0 Å².